The van der Waals surface area contributed by atoms with Gasteiger partial charge in [0.2, 0.25) is 0 Å². The molecule has 0 N–H and O–H groups in total. The molecule has 0 fully saturated rings. The molecule has 0 atom stereocenters. The molecule has 0 heterocycles. The van der Waals surface area contributed by atoms with Gasteiger partial charge in [0.05, 0.1) is 0 Å². The highest BCUT2D eigenvalue weighted by atomic mass is 127. The predicted octanol–water partition coefficient (Wildman–Crippen LogP) is 1.37. The van der Waals surface area contributed by atoms with Crippen molar-refractivity contribution in [3.8, 4) is 0 Å². The Morgan fingerprint density at radius 2 is 1.10 bits per heavy atom. The molecular weight excluding hydrogens is 418 g/mol. The minimum atomic E-state index is -6.81. The Balaban J connectivity index is 3.12. The molecule has 0 amide bonds. The third-order valence-corrected chi connectivity index (χ3v) is 4.76. The fourth-order valence-electron chi connectivity index (χ4n) is 1.03. The largest absolute Gasteiger partial charge is 0.517 e. The second kappa shape index (κ2) is 5.26. The van der Waals surface area contributed by atoms with E-state index in [4.69, 9.17) is 0 Å². The maximum atomic E-state index is 13.2. The van der Waals surface area contributed by atoms with Gasteiger partial charge in [-0.15, -0.1) is 0 Å². The lowest BCUT2D eigenvalue weighted by atomic mass is 10.2. The Kier molecular flexibility index (Phi) is 4.57. The summed E-state index contributed by atoms with van der Waals surface area (Å²) in [4.78, 5) is 0. The summed E-state index contributed by atoms with van der Waals surface area (Å²) in [5, 5.41) is 0. The lowest BCUT2D eigenvalue weighted by molar-refractivity contribution is -0.790. The van der Waals surface area contributed by atoms with E-state index in [0.29, 0.717) is 0 Å². The molecule has 0 saturated heterocycles. The number of hydrogen-bond donors (Lipinski definition) is 0. The zero-order valence-electron chi connectivity index (χ0n) is 9.17. The molecule has 0 aliphatic rings. The SMILES string of the molecule is FC(F)(F)C(F)(F)C(F)(F)C(F)(F)[I+]c1ccccc1. The number of hydrogen-bond acceptors (Lipinski definition) is 0. The van der Waals surface area contributed by atoms with Crippen molar-refractivity contribution in [2.24, 2.45) is 0 Å². The predicted molar refractivity (Wildman–Crippen MR) is 46.0 cm³/mol. The van der Waals surface area contributed by atoms with E-state index in [-0.39, 0.29) is 3.57 Å². The van der Waals surface area contributed by atoms with E-state index in [9.17, 15) is 39.5 Å². The molecule has 0 radical (unpaired) electrons. The van der Waals surface area contributed by atoms with Crippen LogP contribution in [0.4, 0.5) is 39.5 Å². The van der Waals surface area contributed by atoms with Crippen LogP contribution in [0, 0.1) is 3.57 Å². The number of halogens is 10. The number of alkyl halides is 10. The molecule has 0 spiro atoms. The van der Waals surface area contributed by atoms with Crippen molar-refractivity contribution in [2.75, 3.05) is 0 Å². The van der Waals surface area contributed by atoms with Gasteiger partial charge >= 0.3 is 43.2 Å². The third kappa shape index (κ3) is 2.98. The number of benzene rings is 1. The van der Waals surface area contributed by atoms with Crippen LogP contribution < -0.4 is 21.2 Å². The van der Waals surface area contributed by atoms with Crippen molar-refractivity contribution in [3.63, 3.8) is 0 Å². The molecule has 0 aliphatic carbocycles. The standard InChI is InChI=1S/C10H5F9I/c11-7(12,9(15,16)17)8(13,14)10(18,19)20-6-4-2-1-3-5-6/h1-5H/q+1. The van der Waals surface area contributed by atoms with Crippen molar-refractivity contribution in [2.45, 2.75) is 22.0 Å². The summed E-state index contributed by atoms with van der Waals surface area (Å²) in [5.74, 6) is -13.3. The van der Waals surface area contributed by atoms with Gasteiger partial charge < -0.3 is 0 Å². The van der Waals surface area contributed by atoms with Crippen LogP contribution in [-0.2, 0) is 0 Å². The third-order valence-electron chi connectivity index (χ3n) is 2.07. The molecule has 0 aromatic heterocycles. The van der Waals surface area contributed by atoms with Crippen molar-refractivity contribution in [1.82, 2.24) is 0 Å². The van der Waals surface area contributed by atoms with E-state index >= 15 is 0 Å². The highest BCUT2D eigenvalue weighted by Crippen LogP contribution is 2.50. The normalized spacial score (nSPS) is 14.4. The van der Waals surface area contributed by atoms with E-state index in [2.05, 4.69) is 0 Å². The van der Waals surface area contributed by atoms with Gasteiger partial charge in [0, 0.05) is 0 Å². The van der Waals surface area contributed by atoms with Crippen LogP contribution in [0.2, 0.25) is 0 Å². The second-order valence-electron chi connectivity index (χ2n) is 3.53. The summed E-state index contributed by atoms with van der Waals surface area (Å²) in [7, 11) is 0. The van der Waals surface area contributed by atoms with Gasteiger partial charge in [0.1, 0.15) is 0 Å². The van der Waals surface area contributed by atoms with E-state index in [1.807, 2.05) is 0 Å². The average molecular weight is 423 g/mol. The van der Waals surface area contributed by atoms with Gasteiger partial charge in [0.25, 0.3) is 0 Å². The summed E-state index contributed by atoms with van der Waals surface area (Å²) < 4.78 is 107. The Bertz CT molecular complexity index is 452. The molecule has 0 nitrogen and oxygen atoms in total. The molecule has 1 rings (SSSR count). The summed E-state index contributed by atoms with van der Waals surface area (Å²) in [6.07, 6.45) is -6.76. The van der Waals surface area contributed by atoms with Crippen molar-refractivity contribution >= 4 is 0 Å². The molecule has 1 aromatic rings. The van der Waals surface area contributed by atoms with Crippen LogP contribution in [0.3, 0.4) is 0 Å². The van der Waals surface area contributed by atoms with E-state index in [1.165, 1.54) is 18.2 Å². The molecule has 20 heavy (non-hydrogen) atoms. The molecule has 0 bridgehead atoms. The van der Waals surface area contributed by atoms with Crippen molar-refractivity contribution in [1.29, 1.82) is 0 Å². The van der Waals surface area contributed by atoms with Crippen LogP contribution in [0.15, 0.2) is 30.3 Å². The molecule has 114 valence electrons. The van der Waals surface area contributed by atoms with Crippen LogP contribution >= 0.6 is 0 Å². The summed E-state index contributed by atoms with van der Waals surface area (Å²) in [5.41, 5.74) is 0. The van der Waals surface area contributed by atoms with E-state index in [1.54, 1.807) is 0 Å². The second-order valence-corrected chi connectivity index (χ2v) is 6.67. The monoisotopic (exact) mass is 423 g/mol. The maximum absolute atomic E-state index is 13.2. The zero-order valence-corrected chi connectivity index (χ0v) is 11.3. The van der Waals surface area contributed by atoms with Gasteiger partial charge in [-0.3, -0.25) is 0 Å². The molecule has 1 aromatic carbocycles. The van der Waals surface area contributed by atoms with Gasteiger partial charge in [-0.1, -0.05) is 18.2 Å². The van der Waals surface area contributed by atoms with Gasteiger partial charge in [0.15, 0.2) is 3.57 Å². The Morgan fingerprint density at radius 1 is 0.650 bits per heavy atom. The van der Waals surface area contributed by atoms with Crippen LogP contribution in [-0.4, -0.2) is 22.0 Å². The van der Waals surface area contributed by atoms with Crippen molar-refractivity contribution < 1.29 is 60.7 Å². The molecule has 0 aliphatic heterocycles. The highest BCUT2D eigenvalue weighted by Gasteiger charge is 2.87. The van der Waals surface area contributed by atoms with Crippen molar-refractivity contribution in [3.05, 3.63) is 33.9 Å². The first-order valence-electron chi connectivity index (χ1n) is 4.74. The Labute approximate surface area is 117 Å². The minimum Gasteiger partial charge on any atom is -0.189 e. The Hall–Kier alpha value is -0.680. The molecule has 0 saturated carbocycles. The van der Waals surface area contributed by atoms with Crippen LogP contribution in [0.25, 0.3) is 0 Å². The summed E-state index contributed by atoms with van der Waals surface area (Å²) >= 11 is -3.09. The first kappa shape index (κ1) is 17.4. The molecular formula is C10H5F9I+. The van der Waals surface area contributed by atoms with Gasteiger partial charge in [-0.25, -0.2) is 0 Å². The van der Waals surface area contributed by atoms with Gasteiger partial charge in [-0.2, -0.15) is 39.5 Å². The molecule has 10 heteroatoms. The lowest BCUT2D eigenvalue weighted by Crippen LogP contribution is -3.68. The highest BCUT2D eigenvalue weighted by molar-refractivity contribution is 5.01. The maximum Gasteiger partial charge on any atom is 0.517 e. The summed E-state index contributed by atoms with van der Waals surface area (Å²) in [6.45, 7) is 0. The zero-order chi connectivity index (χ0) is 15.8. The van der Waals surface area contributed by atoms with E-state index in [0.717, 1.165) is 12.1 Å². The Morgan fingerprint density at radius 3 is 1.50 bits per heavy atom. The average Bonchev–Trinajstić information content (AvgIpc) is 2.27. The van der Waals surface area contributed by atoms with Crippen LogP contribution in [0.5, 0.6) is 0 Å². The minimum absolute atomic E-state index is 0.381. The summed E-state index contributed by atoms with van der Waals surface area (Å²) in [6, 6.07) is 5.65. The number of rotatable bonds is 4. The first-order valence-corrected chi connectivity index (χ1v) is 6.90. The van der Waals surface area contributed by atoms with Gasteiger partial charge in [-0.05, 0) is 12.1 Å². The van der Waals surface area contributed by atoms with E-state index < -0.39 is 43.2 Å². The lowest BCUT2D eigenvalue weighted by Gasteiger charge is -2.28. The van der Waals surface area contributed by atoms with Crippen LogP contribution in [0.1, 0.15) is 0 Å². The topological polar surface area (TPSA) is 0 Å². The smallest absolute Gasteiger partial charge is 0.189 e. The quantitative estimate of drug-likeness (QED) is 0.390. The fourth-order valence-corrected chi connectivity index (χ4v) is 3.26. The molecule has 0 unspecified atom stereocenters. The fraction of sp³-hybridized carbons (Fsp3) is 0.400. The first-order chi connectivity index (χ1) is 8.83.